The Kier molecular flexibility index (Phi) is 5.55. The van der Waals surface area contributed by atoms with Crippen LogP contribution in [0.4, 0.5) is 0 Å². The Hall–Kier alpha value is -1.50. The molecule has 1 amide bonds. The predicted octanol–water partition coefficient (Wildman–Crippen LogP) is 1.34. The number of ether oxygens (including phenoxy) is 1. The van der Waals surface area contributed by atoms with E-state index >= 15 is 0 Å². The Bertz CT molecular complexity index is 319. The summed E-state index contributed by atoms with van der Waals surface area (Å²) in [7, 11) is 1.37. The molecular formula is C13H19NO3. The van der Waals surface area contributed by atoms with Crippen molar-refractivity contribution in [3.8, 4) is 12.3 Å². The monoisotopic (exact) mass is 237 g/mol. The molecule has 0 aromatic carbocycles. The van der Waals surface area contributed by atoms with Gasteiger partial charge in [0.1, 0.15) is 0 Å². The van der Waals surface area contributed by atoms with E-state index in [4.69, 9.17) is 6.42 Å². The SMILES string of the molecule is C#CCCC(=O)N1CCCCC1CC(=O)OC. The average Bonchev–Trinajstić information content (AvgIpc) is 2.36. The minimum atomic E-state index is -0.258. The van der Waals surface area contributed by atoms with Crippen molar-refractivity contribution in [1.29, 1.82) is 0 Å². The van der Waals surface area contributed by atoms with Crippen LogP contribution in [0.15, 0.2) is 0 Å². The van der Waals surface area contributed by atoms with Crippen molar-refractivity contribution in [2.45, 2.75) is 44.6 Å². The van der Waals surface area contributed by atoms with E-state index in [0.29, 0.717) is 12.8 Å². The van der Waals surface area contributed by atoms with E-state index in [1.54, 1.807) is 4.90 Å². The first-order valence-corrected chi connectivity index (χ1v) is 5.98. The number of esters is 1. The van der Waals surface area contributed by atoms with Gasteiger partial charge in [-0.05, 0) is 19.3 Å². The Labute approximate surface area is 102 Å². The van der Waals surface area contributed by atoms with Crippen LogP contribution in [0.1, 0.15) is 38.5 Å². The number of nitrogens with zero attached hydrogens (tertiary/aromatic N) is 1. The minimum absolute atomic E-state index is 0.0125. The van der Waals surface area contributed by atoms with Crippen LogP contribution < -0.4 is 0 Å². The van der Waals surface area contributed by atoms with Crippen LogP contribution in [0.3, 0.4) is 0 Å². The lowest BCUT2D eigenvalue weighted by atomic mass is 9.98. The molecule has 1 unspecified atom stereocenters. The van der Waals surface area contributed by atoms with Crippen molar-refractivity contribution in [2.75, 3.05) is 13.7 Å². The van der Waals surface area contributed by atoms with Gasteiger partial charge in [0.05, 0.1) is 13.5 Å². The molecule has 1 aliphatic rings. The first-order valence-electron chi connectivity index (χ1n) is 5.98. The fourth-order valence-electron chi connectivity index (χ4n) is 2.14. The van der Waals surface area contributed by atoms with Crippen molar-refractivity contribution in [3.63, 3.8) is 0 Å². The van der Waals surface area contributed by atoms with E-state index in [2.05, 4.69) is 10.7 Å². The molecule has 1 rings (SSSR count). The summed E-state index contributed by atoms with van der Waals surface area (Å²) in [6.07, 6.45) is 9.19. The van der Waals surface area contributed by atoms with Gasteiger partial charge in [-0.1, -0.05) is 0 Å². The maximum atomic E-state index is 11.9. The molecule has 1 saturated heterocycles. The van der Waals surface area contributed by atoms with Crippen molar-refractivity contribution >= 4 is 11.9 Å². The van der Waals surface area contributed by atoms with Crippen LogP contribution in [-0.2, 0) is 14.3 Å². The molecule has 0 N–H and O–H groups in total. The topological polar surface area (TPSA) is 46.6 Å². The van der Waals surface area contributed by atoms with E-state index in [9.17, 15) is 9.59 Å². The molecular weight excluding hydrogens is 218 g/mol. The number of amides is 1. The Morgan fingerprint density at radius 2 is 2.24 bits per heavy atom. The number of piperidine rings is 1. The van der Waals surface area contributed by atoms with Gasteiger partial charge >= 0.3 is 5.97 Å². The number of likely N-dealkylation sites (tertiary alicyclic amines) is 1. The second-order valence-corrected chi connectivity index (χ2v) is 4.22. The number of carbonyl (C=O) groups excluding carboxylic acids is 2. The third kappa shape index (κ3) is 4.10. The zero-order valence-corrected chi connectivity index (χ0v) is 10.3. The fourth-order valence-corrected chi connectivity index (χ4v) is 2.14. The number of hydrogen-bond acceptors (Lipinski definition) is 3. The largest absolute Gasteiger partial charge is 0.469 e. The van der Waals surface area contributed by atoms with E-state index in [1.807, 2.05) is 0 Å². The molecule has 0 spiro atoms. The van der Waals surface area contributed by atoms with Crippen LogP contribution >= 0.6 is 0 Å². The zero-order chi connectivity index (χ0) is 12.7. The number of carbonyl (C=O) groups is 2. The van der Waals surface area contributed by atoms with Gasteiger partial charge in [-0.15, -0.1) is 12.3 Å². The quantitative estimate of drug-likeness (QED) is 0.547. The van der Waals surface area contributed by atoms with Crippen LogP contribution in [-0.4, -0.2) is 36.5 Å². The van der Waals surface area contributed by atoms with E-state index in [-0.39, 0.29) is 24.3 Å². The lowest BCUT2D eigenvalue weighted by molar-refractivity contribution is -0.144. The third-order valence-corrected chi connectivity index (χ3v) is 3.06. The standard InChI is InChI=1S/C13H19NO3/c1-3-4-8-12(15)14-9-6-5-7-11(14)10-13(16)17-2/h1,11H,4-10H2,2H3. The maximum Gasteiger partial charge on any atom is 0.307 e. The first-order chi connectivity index (χ1) is 8.19. The molecule has 1 aliphatic heterocycles. The molecule has 4 heteroatoms. The van der Waals surface area contributed by atoms with E-state index in [0.717, 1.165) is 25.8 Å². The maximum absolute atomic E-state index is 11.9. The summed E-state index contributed by atoms with van der Waals surface area (Å²) in [5.41, 5.74) is 0. The van der Waals surface area contributed by atoms with Gasteiger partial charge in [-0.3, -0.25) is 9.59 Å². The summed E-state index contributed by atoms with van der Waals surface area (Å²) in [6.45, 7) is 0.727. The third-order valence-electron chi connectivity index (χ3n) is 3.06. The molecule has 4 nitrogen and oxygen atoms in total. The van der Waals surface area contributed by atoms with Gasteiger partial charge in [-0.2, -0.15) is 0 Å². The summed E-state index contributed by atoms with van der Waals surface area (Å²) < 4.78 is 4.65. The van der Waals surface area contributed by atoms with E-state index in [1.165, 1.54) is 7.11 Å². The Morgan fingerprint density at radius 3 is 2.88 bits per heavy atom. The highest BCUT2D eigenvalue weighted by Gasteiger charge is 2.28. The van der Waals surface area contributed by atoms with Gasteiger partial charge in [0.15, 0.2) is 0 Å². The molecule has 0 saturated carbocycles. The van der Waals surface area contributed by atoms with Crippen molar-refractivity contribution in [2.24, 2.45) is 0 Å². The molecule has 1 fully saturated rings. The van der Waals surface area contributed by atoms with Crippen molar-refractivity contribution in [1.82, 2.24) is 4.90 Å². The van der Waals surface area contributed by atoms with Gasteiger partial charge in [0.25, 0.3) is 0 Å². The van der Waals surface area contributed by atoms with Gasteiger partial charge in [0, 0.05) is 25.4 Å². The molecule has 17 heavy (non-hydrogen) atoms. The van der Waals surface area contributed by atoms with Gasteiger partial charge in [0.2, 0.25) is 5.91 Å². The second-order valence-electron chi connectivity index (χ2n) is 4.22. The zero-order valence-electron chi connectivity index (χ0n) is 10.3. The van der Waals surface area contributed by atoms with Crippen LogP contribution in [0.25, 0.3) is 0 Å². The molecule has 0 aromatic rings. The summed E-state index contributed by atoms with van der Waals surface area (Å²) in [5, 5.41) is 0. The van der Waals surface area contributed by atoms with Gasteiger partial charge < -0.3 is 9.64 Å². The lowest BCUT2D eigenvalue weighted by Gasteiger charge is -2.35. The van der Waals surface area contributed by atoms with Crippen molar-refractivity contribution < 1.29 is 14.3 Å². The van der Waals surface area contributed by atoms with Crippen LogP contribution in [0, 0.1) is 12.3 Å². The predicted molar refractivity (Wildman–Crippen MR) is 64.1 cm³/mol. The van der Waals surface area contributed by atoms with Gasteiger partial charge in [-0.25, -0.2) is 0 Å². The number of rotatable bonds is 4. The van der Waals surface area contributed by atoms with Crippen LogP contribution in [0.5, 0.6) is 0 Å². The van der Waals surface area contributed by atoms with E-state index < -0.39 is 0 Å². The molecule has 0 radical (unpaired) electrons. The average molecular weight is 237 g/mol. The molecule has 0 bridgehead atoms. The molecule has 1 heterocycles. The summed E-state index contributed by atoms with van der Waals surface area (Å²) in [4.78, 5) is 25.0. The lowest BCUT2D eigenvalue weighted by Crippen LogP contribution is -2.44. The Morgan fingerprint density at radius 1 is 1.47 bits per heavy atom. The smallest absolute Gasteiger partial charge is 0.307 e. The molecule has 94 valence electrons. The summed E-state index contributed by atoms with van der Waals surface area (Å²) >= 11 is 0. The normalized spacial score (nSPS) is 19.5. The minimum Gasteiger partial charge on any atom is -0.469 e. The second kappa shape index (κ2) is 6.95. The van der Waals surface area contributed by atoms with Crippen LogP contribution in [0.2, 0.25) is 0 Å². The number of methoxy groups -OCH3 is 1. The highest BCUT2D eigenvalue weighted by Crippen LogP contribution is 2.21. The highest BCUT2D eigenvalue weighted by atomic mass is 16.5. The first kappa shape index (κ1) is 13.6. The molecule has 1 atom stereocenters. The highest BCUT2D eigenvalue weighted by molar-refractivity contribution is 5.78. The number of hydrogen-bond donors (Lipinski definition) is 0. The fraction of sp³-hybridized carbons (Fsp3) is 0.692. The Balaban J connectivity index is 2.56. The molecule has 0 aromatic heterocycles. The van der Waals surface area contributed by atoms with Crippen molar-refractivity contribution in [3.05, 3.63) is 0 Å². The summed E-state index contributed by atoms with van der Waals surface area (Å²) in [5.74, 6) is 2.26. The number of terminal acetylenes is 1. The molecule has 0 aliphatic carbocycles. The summed E-state index contributed by atoms with van der Waals surface area (Å²) in [6, 6.07) is -0.0125.